The number of benzene rings is 2. The van der Waals surface area contributed by atoms with Crippen LogP contribution in [0.4, 0.5) is 0 Å². The molecule has 0 aliphatic heterocycles. The Kier molecular flexibility index (Phi) is 3.94. The summed E-state index contributed by atoms with van der Waals surface area (Å²) in [7, 11) is 0. The number of para-hydroxylation sites is 1. The van der Waals surface area contributed by atoms with E-state index >= 15 is 0 Å². The largest absolute Gasteiger partial charge is 0.478 e. The molecule has 3 nitrogen and oxygen atoms in total. The number of carboxylic acid groups (broad SMARTS) is 1. The van der Waals surface area contributed by atoms with Crippen LogP contribution in [0, 0.1) is 0 Å². The van der Waals surface area contributed by atoms with Gasteiger partial charge in [-0.1, -0.05) is 36.0 Å². The van der Waals surface area contributed by atoms with Crippen molar-refractivity contribution in [3.8, 4) is 0 Å². The molecule has 5 heteroatoms. The molecule has 104 valence electrons. The third-order valence-corrected chi connectivity index (χ3v) is 4.58. The lowest BCUT2D eigenvalue weighted by Gasteiger charge is -2.05. The monoisotopic (exact) mass is 359 g/mol. The van der Waals surface area contributed by atoms with Gasteiger partial charge in [-0.25, -0.2) is 9.78 Å². The van der Waals surface area contributed by atoms with Gasteiger partial charge < -0.3 is 5.11 Å². The van der Waals surface area contributed by atoms with Crippen molar-refractivity contribution in [2.24, 2.45) is 0 Å². The maximum Gasteiger partial charge on any atom is 0.336 e. The van der Waals surface area contributed by atoms with Gasteiger partial charge >= 0.3 is 5.97 Å². The molecule has 0 amide bonds. The Hall–Kier alpha value is -1.85. The van der Waals surface area contributed by atoms with E-state index in [9.17, 15) is 4.79 Å². The van der Waals surface area contributed by atoms with Crippen LogP contribution in [0.1, 0.15) is 10.4 Å². The molecule has 1 heterocycles. The standard InChI is InChI=1S/C16H10BrNO2S/c17-13-7-6-11(9-12(13)16(19)20)21-15-8-5-10-3-1-2-4-14(10)18-15/h1-9H,(H,19,20). The highest BCUT2D eigenvalue weighted by atomic mass is 79.9. The van der Waals surface area contributed by atoms with Gasteiger partial charge in [0, 0.05) is 14.8 Å². The summed E-state index contributed by atoms with van der Waals surface area (Å²) in [5.74, 6) is -0.948. The maximum absolute atomic E-state index is 11.1. The van der Waals surface area contributed by atoms with Gasteiger partial charge in [-0.2, -0.15) is 0 Å². The van der Waals surface area contributed by atoms with Crippen molar-refractivity contribution in [1.82, 2.24) is 4.98 Å². The second-order valence-corrected chi connectivity index (χ2v) is 6.34. The van der Waals surface area contributed by atoms with Crippen molar-refractivity contribution in [3.63, 3.8) is 0 Å². The predicted octanol–water partition coefficient (Wildman–Crippen LogP) is 4.85. The van der Waals surface area contributed by atoms with Crippen LogP contribution < -0.4 is 0 Å². The van der Waals surface area contributed by atoms with Crippen LogP contribution in [-0.4, -0.2) is 16.1 Å². The van der Waals surface area contributed by atoms with Crippen LogP contribution in [0.3, 0.4) is 0 Å². The minimum absolute atomic E-state index is 0.251. The molecule has 0 saturated carbocycles. The number of rotatable bonds is 3. The average Bonchev–Trinajstić information content (AvgIpc) is 2.49. The molecule has 1 N–H and O–H groups in total. The number of pyridine rings is 1. The highest BCUT2D eigenvalue weighted by Crippen LogP contribution is 2.30. The van der Waals surface area contributed by atoms with Crippen LogP contribution in [-0.2, 0) is 0 Å². The summed E-state index contributed by atoms with van der Waals surface area (Å²) in [6.07, 6.45) is 0. The summed E-state index contributed by atoms with van der Waals surface area (Å²) < 4.78 is 0.575. The Morgan fingerprint density at radius 3 is 2.71 bits per heavy atom. The molecular weight excluding hydrogens is 350 g/mol. The van der Waals surface area contributed by atoms with Crippen LogP contribution in [0.2, 0.25) is 0 Å². The number of hydrogen-bond donors (Lipinski definition) is 1. The lowest BCUT2D eigenvalue weighted by molar-refractivity contribution is 0.0695. The van der Waals surface area contributed by atoms with Gasteiger partial charge in [-0.05, 0) is 46.3 Å². The van der Waals surface area contributed by atoms with Gasteiger partial charge in [-0.3, -0.25) is 0 Å². The van der Waals surface area contributed by atoms with E-state index in [2.05, 4.69) is 20.9 Å². The number of nitrogens with zero attached hydrogens (tertiary/aromatic N) is 1. The normalized spacial score (nSPS) is 10.7. The summed E-state index contributed by atoms with van der Waals surface area (Å²) in [6.45, 7) is 0. The Morgan fingerprint density at radius 1 is 1.10 bits per heavy atom. The fourth-order valence-electron chi connectivity index (χ4n) is 1.96. The van der Waals surface area contributed by atoms with E-state index in [0.717, 1.165) is 20.8 Å². The molecule has 0 fully saturated rings. The molecule has 0 saturated heterocycles. The van der Waals surface area contributed by atoms with E-state index < -0.39 is 5.97 Å². The van der Waals surface area contributed by atoms with E-state index in [4.69, 9.17) is 5.11 Å². The van der Waals surface area contributed by atoms with Gasteiger partial charge in [0.15, 0.2) is 0 Å². The first-order valence-corrected chi connectivity index (χ1v) is 7.81. The fourth-order valence-corrected chi connectivity index (χ4v) is 3.21. The van der Waals surface area contributed by atoms with Gasteiger partial charge in [0.1, 0.15) is 5.03 Å². The molecule has 0 bridgehead atoms. The molecule has 21 heavy (non-hydrogen) atoms. The van der Waals surface area contributed by atoms with Crippen LogP contribution in [0.25, 0.3) is 10.9 Å². The molecule has 0 unspecified atom stereocenters. The van der Waals surface area contributed by atoms with Crippen LogP contribution in [0.5, 0.6) is 0 Å². The quantitative estimate of drug-likeness (QED) is 0.726. The molecule has 1 aromatic heterocycles. The van der Waals surface area contributed by atoms with Gasteiger partial charge in [-0.15, -0.1) is 0 Å². The van der Waals surface area contributed by atoms with Crippen molar-refractivity contribution in [3.05, 3.63) is 64.6 Å². The Balaban J connectivity index is 1.94. The lowest BCUT2D eigenvalue weighted by atomic mass is 10.2. The molecule has 0 radical (unpaired) electrons. The summed E-state index contributed by atoms with van der Waals surface area (Å²) in [4.78, 5) is 16.6. The van der Waals surface area contributed by atoms with Crippen LogP contribution >= 0.6 is 27.7 Å². The van der Waals surface area contributed by atoms with E-state index in [-0.39, 0.29) is 5.56 Å². The predicted molar refractivity (Wildman–Crippen MR) is 87.0 cm³/mol. The number of aromatic nitrogens is 1. The average molecular weight is 360 g/mol. The summed E-state index contributed by atoms with van der Waals surface area (Å²) >= 11 is 4.69. The number of fused-ring (bicyclic) bond motifs is 1. The van der Waals surface area contributed by atoms with Crippen molar-refractivity contribution in [2.45, 2.75) is 9.92 Å². The highest BCUT2D eigenvalue weighted by Gasteiger charge is 2.10. The second kappa shape index (κ2) is 5.87. The molecule has 0 spiro atoms. The molecule has 3 aromatic rings. The number of aromatic carboxylic acids is 1. The first kappa shape index (κ1) is 14.1. The minimum atomic E-state index is -0.948. The fraction of sp³-hybridized carbons (Fsp3) is 0. The summed E-state index contributed by atoms with van der Waals surface area (Å²) in [6, 6.07) is 17.1. The van der Waals surface area contributed by atoms with E-state index in [1.54, 1.807) is 12.1 Å². The molecule has 0 atom stereocenters. The number of halogens is 1. The molecule has 2 aromatic carbocycles. The van der Waals surface area contributed by atoms with Crippen molar-refractivity contribution >= 4 is 44.6 Å². The van der Waals surface area contributed by atoms with Gasteiger partial charge in [0.25, 0.3) is 0 Å². The summed E-state index contributed by atoms with van der Waals surface area (Å²) in [5, 5.41) is 11.1. The van der Waals surface area contributed by atoms with Crippen molar-refractivity contribution in [2.75, 3.05) is 0 Å². The SMILES string of the molecule is O=C(O)c1cc(Sc2ccc3ccccc3n2)ccc1Br. The highest BCUT2D eigenvalue weighted by molar-refractivity contribution is 9.10. The molecule has 0 aliphatic carbocycles. The molecule has 0 aliphatic rings. The van der Waals surface area contributed by atoms with E-state index in [1.807, 2.05) is 42.5 Å². The minimum Gasteiger partial charge on any atom is -0.478 e. The van der Waals surface area contributed by atoms with E-state index in [1.165, 1.54) is 11.8 Å². The second-order valence-electron chi connectivity index (χ2n) is 4.39. The number of carboxylic acids is 1. The maximum atomic E-state index is 11.1. The summed E-state index contributed by atoms with van der Waals surface area (Å²) in [5.41, 5.74) is 1.18. The topological polar surface area (TPSA) is 50.2 Å². The zero-order chi connectivity index (χ0) is 14.8. The first-order valence-electron chi connectivity index (χ1n) is 6.20. The van der Waals surface area contributed by atoms with E-state index in [0.29, 0.717) is 4.47 Å². The van der Waals surface area contributed by atoms with Crippen LogP contribution in [0.15, 0.2) is 69.0 Å². The van der Waals surface area contributed by atoms with Crippen molar-refractivity contribution in [1.29, 1.82) is 0 Å². The number of hydrogen-bond acceptors (Lipinski definition) is 3. The zero-order valence-electron chi connectivity index (χ0n) is 10.8. The Morgan fingerprint density at radius 2 is 1.90 bits per heavy atom. The van der Waals surface area contributed by atoms with Crippen molar-refractivity contribution < 1.29 is 9.90 Å². The smallest absolute Gasteiger partial charge is 0.336 e. The van der Waals surface area contributed by atoms with Gasteiger partial charge in [0.2, 0.25) is 0 Å². The molecular formula is C16H10BrNO2S. The van der Waals surface area contributed by atoms with Gasteiger partial charge in [0.05, 0.1) is 11.1 Å². The zero-order valence-corrected chi connectivity index (χ0v) is 13.2. The Labute approximate surface area is 134 Å². The third kappa shape index (κ3) is 3.09. The first-order chi connectivity index (χ1) is 10.1. The third-order valence-electron chi connectivity index (χ3n) is 2.96. The lowest BCUT2D eigenvalue weighted by Crippen LogP contribution is -1.97. The Bertz CT molecular complexity index is 835. The molecule has 3 rings (SSSR count). The number of carbonyl (C=O) groups is 1.